The maximum atomic E-state index is 12.5. The smallest absolute Gasteiger partial charge is 0.277 e. The molecular weight excluding hydrogens is 362 g/mol. The number of nitrogens with one attached hydrogen (secondary N) is 2. The Morgan fingerprint density at radius 3 is 2.96 bits per heavy atom. The number of hydrogen-bond acceptors (Lipinski definition) is 7. The second-order valence-electron chi connectivity index (χ2n) is 5.74. The van der Waals surface area contributed by atoms with Gasteiger partial charge in [-0.05, 0) is 19.1 Å². The minimum atomic E-state index is -0.306. The van der Waals surface area contributed by atoms with Crippen LogP contribution in [-0.2, 0) is 0 Å². The number of aryl methyl sites for hydroxylation is 1. The summed E-state index contributed by atoms with van der Waals surface area (Å²) < 4.78 is 9.96. The molecule has 0 bridgehead atoms. The molecule has 3 aromatic rings. The van der Waals surface area contributed by atoms with Crippen LogP contribution in [0.15, 0.2) is 28.7 Å². The van der Waals surface area contributed by atoms with Crippen molar-refractivity contribution in [3.05, 3.63) is 45.9 Å². The number of carbonyl (C=O) groups excluding carboxylic acids is 1. The van der Waals surface area contributed by atoms with E-state index in [0.717, 1.165) is 30.2 Å². The van der Waals surface area contributed by atoms with Gasteiger partial charge in [0.15, 0.2) is 5.69 Å². The Bertz CT molecular complexity index is 934. The van der Waals surface area contributed by atoms with Gasteiger partial charge in [0.25, 0.3) is 5.91 Å². The summed E-state index contributed by atoms with van der Waals surface area (Å²) in [6.07, 6.45) is 0. The summed E-state index contributed by atoms with van der Waals surface area (Å²) in [6.45, 7) is 3.39. The van der Waals surface area contributed by atoms with Crippen molar-refractivity contribution < 1.29 is 9.21 Å². The zero-order valence-corrected chi connectivity index (χ0v) is 14.8. The quantitative estimate of drug-likeness (QED) is 0.727. The number of aromatic nitrogens is 3. The standard InChI is InChI=1S/C16H14ClN5O2S/c1-8-12(20-16(24-8)10-6-18-7-10)15(23)19-11-4-2-3-9(5-11)13-14(17)25-22-21-13/h2-5,10,18H,6-7H2,1H3,(H,19,23). The molecule has 9 heteroatoms. The second kappa shape index (κ2) is 6.55. The van der Waals surface area contributed by atoms with Gasteiger partial charge in [-0.25, -0.2) is 4.98 Å². The van der Waals surface area contributed by atoms with Crippen molar-refractivity contribution in [2.75, 3.05) is 18.4 Å². The maximum Gasteiger partial charge on any atom is 0.277 e. The van der Waals surface area contributed by atoms with Crippen LogP contribution in [0.2, 0.25) is 4.34 Å². The topological polar surface area (TPSA) is 92.9 Å². The van der Waals surface area contributed by atoms with Crippen LogP contribution >= 0.6 is 23.1 Å². The third-order valence-electron chi connectivity index (χ3n) is 4.00. The molecule has 1 amide bonds. The lowest BCUT2D eigenvalue weighted by molar-refractivity contribution is 0.102. The number of anilines is 1. The van der Waals surface area contributed by atoms with Crippen molar-refractivity contribution >= 4 is 34.7 Å². The largest absolute Gasteiger partial charge is 0.445 e. The van der Waals surface area contributed by atoms with E-state index in [4.69, 9.17) is 16.0 Å². The molecule has 1 saturated heterocycles. The maximum absolute atomic E-state index is 12.5. The van der Waals surface area contributed by atoms with Gasteiger partial charge in [-0.15, -0.1) is 5.10 Å². The molecule has 7 nitrogen and oxygen atoms in total. The average Bonchev–Trinajstić information content (AvgIpc) is 3.12. The highest BCUT2D eigenvalue weighted by molar-refractivity contribution is 7.10. The molecule has 0 radical (unpaired) electrons. The highest BCUT2D eigenvalue weighted by atomic mass is 35.5. The molecule has 3 heterocycles. The zero-order valence-electron chi connectivity index (χ0n) is 13.2. The lowest BCUT2D eigenvalue weighted by atomic mass is 10.0. The van der Waals surface area contributed by atoms with Crippen LogP contribution in [0.3, 0.4) is 0 Å². The van der Waals surface area contributed by atoms with Crippen LogP contribution in [0.5, 0.6) is 0 Å². The first-order valence-electron chi connectivity index (χ1n) is 7.69. The molecule has 1 aliphatic rings. The highest BCUT2D eigenvalue weighted by Crippen LogP contribution is 2.30. The average molecular weight is 376 g/mol. The summed E-state index contributed by atoms with van der Waals surface area (Å²) in [5.41, 5.74) is 2.32. The monoisotopic (exact) mass is 375 g/mol. The van der Waals surface area contributed by atoms with Gasteiger partial charge in [0.1, 0.15) is 15.8 Å². The predicted octanol–water partition coefficient (Wildman–Crippen LogP) is 3.09. The summed E-state index contributed by atoms with van der Waals surface area (Å²) >= 11 is 7.20. The Hall–Kier alpha value is -2.29. The Kier molecular flexibility index (Phi) is 4.24. The Morgan fingerprint density at radius 2 is 2.28 bits per heavy atom. The fourth-order valence-corrected chi connectivity index (χ4v) is 3.23. The second-order valence-corrected chi connectivity index (χ2v) is 7.10. The minimum Gasteiger partial charge on any atom is -0.445 e. The first-order valence-corrected chi connectivity index (χ1v) is 8.84. The van der Waals surface area contributed by atoms with Crippen molar-refractivity contribution in [3.8, 4) is 11.3 Å². The number of hydrogen-bond donors (Lipinski definition) is 2. The fraction of sp³-hybridized carbons (Fsp3) is 0.250. The van der Waals surface area contributed by atoms with Crippen molar-refractivity contribution in [2.45, 2.75) is 12.8 Å². The number of nitrogens with zero attached hydrogens (tertiary/aromatic N) is 3. The van der Waals surface area contributed by atoms with Crippen LogP contribution in [-0.4, -0.2) is 33.6 Å². The van der Waals surface area contributed by atoms with Gasteiger partial charge in [0, 0.05) is 35.9 Å². The fourth-order valence-electron chi connectivity index (χ4n) is 2.55. The molecule has 128 valence electrons. The number of halogens is 1. The number of rotatable bonds is 4. The van der Waals surface area contributed by atoms with Crippen molar-refractivity contribution in [2.24, 2.45) is 0 Å². The summed E-state index contributed by atoms with van der Waals surface area (Å²) in [4.78, 5) is 16.9. The summed E-state index contributed by atoms with van der Waals surface area (Å²) in [6, 6.07) is 7.27. The van der Waals surface area contributed by atoms with E-state index in [2.05, 4.69) is 25.2 Å². The van der Waals surface area contributed by atoms with Gasteiger partial charge in [0.05, 0.1) is 5.92 Å². The van der Waals surface area contributed by atoms with E-state index in [1.54, 1.807) is 19.1 Å². The molecule has 0 aliphatic carbocycles. The molecular formula is C16H14ClN5O2S. The normalized spacial score (nSPS) is 14.3. The molecule has 0 saturated carbocycles. The van der Waals surface area contributed by atoms with Crippen LogP contribution < -0.4 is 10.6 Å². The highest BCUT2D eigenvalue weighted by Gasteiger charge is 2.27. The SMILES string of the molecule is Cc1oc(C2CNC2)nc1C(=O)Nc1cccc(-c2nnsc2Cl)c1. The van der Waals surface area contributed by atoms with E-state index >= 15 is 0 Å². The third kappa shape index (κ3) is 3.15. The molecule has 0 spiro atoms. The van der Waals surface area contributed by atoms with Crippen LogP contribution in [0.4, 0.5) is 5.69 Å². The molecule has 2 N–H and O–H groups in total. The molecule has 1 aliphatic heterocycles. The van der Waals surface area contributed by atoms with E-state index in [1.807, 2.05) is 12.1 Å². The number of amides is 1. The van der Waals surface area contributed by atoms with E-state index in [9.17, 15) is 4.79 Å². The van der Waals surface area contributed by atoms with E-state index in [0.29, 0.717) is 33.1 Å². The van der Waals surface area contributed by atoms with Crippen molar-refractivity contribution in [3.63, 3.8) is 0 Å². The molecule has 4 rings (SSSR count). The predicted molar refractivity (Wildman–Crippen MR) is 95.2 cm³/mol. The Morgan fingerprint density at radius 1 is 1.44 bits per heavy atom. The number of oxazole rings is 1. The van der Waals surface area contributed by atoms with Gasteiger partial charge >= 0.3 is 0 Å². The third-order valence-corrected chi connectivity index (χ3v) is 4.90. The van der Waals surface area contributed by atoms with Crippen LogP contribution in [0.1, 0.15) is 28.1 Å². The molecule has 0 atom stereocenters. The van der Waals surface area contributed by atoms with E-state index in [1.165, 1.54) is 0 Å². The van der Waals surface area contributed by atoms with Gasteiger partial charge in [-0.3, -0.25) is 4.79 Å². The molecule has 25 heavy (non-hydrogen) atoms. The first-order chi connectivity index (χ1) is 12.1. The van der Waals surface area contributed by atoms with Crippen LogP contribution in [0.25, 0.3) is 11.3 Å². The molecule has 1 fully saturated rings. The molecule has 1 aromatic carbocycles. The number of benzene rings is 1. The van der Waals surface area contributed by atoms with E-state index in [-0.39, 0.29) is 11.8 Å². The van der Waals surface area contributed by atoms with Crippen molar-refractivity contribution in [1.82, 2.24) is 19.9 Å². The Balaban J connectivity index is 1.55. The Labute approximate surface area is 152 Å². The number of carbonyl (C=O) groups is 1. The molecule has 2 aromatic heterocycles. The van der Waals surface area contributed by atoms with Gasteiger partial charge in [0.2, 0.25) is 5.89 Å². The summed E-state index contributed by atoms with van der Waals surface area (Å²) in [7, 11) is 0. The van der Waals surface area contributed by atoms with E-state index < -0.39 is 0 Å². The minimum absolute atomic E-state index is 0.239. The summed E-state index contributed by atoms with van der Waals surface area (Å²) in [5.74, 6) is 1.06. The summed E-state index contributed by atoms with van der Waals surface area (Å²) in [5, 5.41) is 10.0. The molecule has 0 unspecified atom stereocenters. The van der Waals surface area contributed by atoms with Crippen molar-refractivity contribution in [1.29, 1.82) is 0 Å². The van der Waals surface area contributed by atoms with Gasteiger partial charge in [-0.2, -0.15) is 0 Å². The van der Waals surface area contributed by atoms with Gasteiger partial charge in [-0.1, -0.05) is 28.2 Å². The lowest BCUT2D eigenvalue weighted by Gasteiger charge is -2.23. The lowest BCUT2D eigenvalue weighted by Crippen LogP contribution is -2.40. The zero-order chi connectivity index (χ0) is 17.4. The van der Waals surface area contributed by atoms with Crippen LogP contribution in [0, 0.1) is 6.92 Å². The van der Waals surface area contributed by atoms with Gasteiger partial charge < -0.3 is 15.1 Å². The first kappa shape index (κ1) is 16.2.